The van der Waals surface area contributed by atoms with Crippen LogP contribution in [-0.2, 0) is 9.59 Å². The average molecular weight is 379 g/mol. The van der Waals surface area contributed by atoms with Crippen molar-refractivity contribution in [2.24, 2.45) is 0 Å². The molecule has 1 atom stereocenters. The van der Waals surface area contributed by atoms with Crippen LogP contribution in [-0.4, -0.2) is 35.9 Å². The van der Waals surface area contributed by atoms with E-state index in [4.69, 9.17) is 9.15 Å². The Morgan fingerprint density at radius 3 is 2.71 bits per heavy atom. The Kier molecular flexibility index (Phi) is 4.52. The molecule has 0 saturated carbocycles. The van der Waals surface area contributed by atoms with Gasteiger partial charge in [0.25, 0.3) is 5.91 Å². The monoisotopic (exact) mass is 379 g/mol. The zero-order valence-electron chi connectivity index (χ0n) is 15.0. The van der Waals surface area contributed by atoms with Crippen LogP contribution in [0.4, 0.5) is 0 Å². The number of hydrogen-bond acceptors (Lipinski definition) is 6. The number of fused-ring (bicyclic) bond motifs is 1. The normalized spacial score (nSPS) is 16.7. The van der Waals surface area contributed by atoms with Crippen LogP contribution >= 0.6 is 0 Å². The fraction of sp³-hybridized carbons (Fsp3) is 0.200. The summed E-state index contributed by atoms with van der Waals surface area (Å²) in [5.74, 6) is -0.0804. The van der Waals surface area contributed by atoms with Gasteiger partial charge < -0.3 is 14.5 Å². The van der Waals surface area contributed by atoms with Gasteiger partial charge in [-0.3, -0.25) is 19.7 Å². The van der Waals surface area contributed by atoms with Crippen molar-refractivity contribution in [2.45, 2.75) is 18.9 Å². The highest BCUT2D eigenvalue weighted by Gasteiger charge is 2.28. The molecule has 142 valence electrons. The van der Waals surface area contributed by atoms with Gasteiger partial charge in [0.05, 0.1) is 7.11 Å². The van der Waals surface area contributed by atoms with E-state index in [1.165, 1.54) is 0 Å². The highest BCUT2D eigenvalue weighted by molar-refractivity contribution is 6.04. The summed E-state index contributed by atoms with van der Waals surface area (Å²) in [6.07, 6.45) is 0.478. The topological polar surface area (TPSA) is 111 Å². The molecule has 1 aromatic heterocycles. The summed E-state index contributed by atoms with van der Waals surface area (Å²) in [5, 5.41) is 4.86. The molecule has 1 aliphatic rings. The minimum Gasteiger partial charge on any atom is -0.497 e. The quantitative estimate of drug-likeness (QED) is 0.671. The van der Waals surface area contributed by atoms with Gasteiger partial charge in [-0.25, -0.2) is 4.98 Å². The summed E-state index contributed by atoms with van der Waals surface area (Å²) in [5.41, 5.74) is 2.20. The molecule has 3 aromatic rings. The van der Waals surface area contributed by atoms with Gasteiger partial charge in [-0.05, 0) is 48.9 Å². The number of piperidine rings is 1. The first kappa shape index (κ1) is 17.7. The van der Waals surface area contributed by atoms with Crippen molar-refractivity contribution in [3.8, 4) is 17.2 Å². The Balaban J connectivity index is 1.54. The molecule has 0 spiro atoms. The number of nitrogens with one attached hydrogen (secondary N) is 2. The Bertz CT molecular complexity index is 1070. The number of amides is 3. The van der Waals surface area contributed by atoms with Crippen molar-refractivity contribution >= 4 is 28.8 Å². The molecule has 3 amide bonds. The van der Waals surface area contributed by atoms with Crippen LogP contribution in [0.15, 0.2) is 46.9 Å². The molecule has 8 heteroatoms. The van der Waals surface area contributed by atoms with Crippen LogP contribution in [0.2, 0.25) is 0 Å². The number of benzene rings is 2. The minimum atomic E-state index is -0.731. The maximum absolute atomic E-state index is 12.5. The third kappa shape index (κ3) is 3.44. The molecule has 28 heavy (non-hydrogen) atoms. The van der Waals surface area contributed by atoms with Crippen LogP contribution in [0.5, 0.6) is 5.75 Å². The molecule has 0 aliphatic carbocycles. The maximum atomic E-state index is 12.5. The number of methoxy groups -OCH3 is 1. The zero-order valence-corrected chi connectivity index (χ0v) is 15.0. The molecule has 4 rings (SSSR count). The van der Waals surface area contributed by atoms with E-state index in [1.54, 1.807) is 25.3 Å². The fourth-order valence-electron chi connectivity index (χ4n) is 3.00. The lowest BCUT2D eigenvalue weighted by atomic mass is 10.1. The zero-order chi connectivity index (χ0) is 19.7. The van der Waals surface area contributed by atoms with Crippen molar-refractivity contribution in [1.29, 1.82) is 0 Å². The number of aromatic nitrogens is 1. The molecule has 0 bridgehead atoms. The van der Waals surface area contributed by atoms with E-state index in [0.717, 1.165) is 11.3 Å². The number of carbonyl (C=O) groups is 3. The van der Waals surface area contributed by atoms with Gasteiger partial charge in [0, 0.05) is 17.5 Å². The van der Waals surface area contributed by atoms with Crippen molar-refractivity contribution in [3.63, 3.8) is 0 Å². The van der Waals surface area contributed by atoms with E-state index in [9.17, 15) is 14.4 Å². The summed E-state index contributed by atoms with van der Waals surface area (Å²) in [7, 11) is 1.59. The lowest BCUT2D eigenvalue weighted by molar-refractivity contribution is -0.134. The van der Waals surface area contributed by atoms with Gasteiger partial charge in [0.15, 0.2) is 5.58 Å². The van der Waals surface area contributed by atoms with E-state index in [-0.39, 0.29) is 18.7 Å². The summed E-state index contributed by atoms with van der Waals surface area (Å²) >= 11 is 0. The largest absolute Gasteiger partial charge is 0.497 e. The third-order valence-corrected chi connectivity index (χ3v) is 4.53. The van der Waals surface area contributed by atoms with Gasteiger partial charge in [-0.15, -0.1) is 0 Å². The molecule has 8 nitrogen and oxygen atoms in total. The predicted octanol–water partition coefficient (Wildman–Crippen LogP) is 2.04. The van der Waals surface area contributed by atoms with Gasteiger partial charge in [0.1, 0.15) is 17.3 Å². The molecular weight excluding hydrogens is 362 g/mol. The molecule has 1 fully saturated rings. The van der Waals surface area contributed by atoms with Crippen molar-refractivity contribution < 1.29 is 23.5 Å². The van der Waals surface area contributed by atoms with Crippen LogP contribution in [0, 0.1) is 0 Å². The number of carbonyl (C=O) groups excluding carboxylic acids is 3. The van der Waals surface area contributed by atoms with Crippen LogP contribution in [0.1, 0.15) is 23.2 Å². The first-order valence-corrected chi connectivity index (χ1v) is 8.73. The third-order valence-electron chi connectivity index (χ3n) is 4.53. The number of nitrogens with zero attached hydrogens (tertiary/aromatic N) is 1. The SMILES string of the molecule is COc1ccc(-c2nc3ccc(C(=O)NC4CCC(=O)NC4=O)cc3o2)cc1. The van der Waals surface area contributed by atoms with Gasteiger partial charge in [-0.1, -0.05) is 0 Å². The molecule has 1 aliphatic heterocycles. The van der Waals surface area contributed by atoms with Gasteiger partial charge >= 0.3 is 0 Å². The smallest absolute Gasteiger partial charge is 0.252 e. The number of imide groups is 1. The van der Waals surface area contributed by atoms with Crippen molar-refractivity contribution in [3.05, 3.63) is 48.0 Å². The summed E-state index contributed by atoms with van der Waals surface area (Å²) < 4.78 is 10.9. The Labute approximate surface area is 159 Å². The highest BCUT2D eigenvalue weighted by Crippen LogP contribution is 2.26. The fourth-order valence-corrected chi connectivity index (χ4v) is 3.00. The Hall–Kier alpha value is -3.68. The summed E-state index contributed by atoms with van der Waals surface area (Å²) in [4.78, 5) is 39.9. The minimum absolute atomic E-state index is 0.197. The Morgan fingerprint density at radius 2 is 2.00 bits per heavy atom. The average Bonchev–Trinajstić information content (AvgIpc) is 3.13. The molecule has 1 saturated heterocycles. The molecule has 2 aromatic carbocycles. The Morgan fingerprint density at radius 1 is 1.21 bits per heavy atom. The van der Waals surface area contributed by atoms with Crippen LogP contribution in [0.3, 0.4) is 0 Å². The van der Waals surface area contributed by atoms with E-state index in [2.05, 4.69) is 15.6 Å². The molecule has 1 unspecified atom stereocenters. The highest BCUT2D eigenvalue weighted by atomic mass is 16.5. The molecular formula is C20H17N3O5. The van der Waals surface area contributed by atoms with Crippen LogP contribution in [0.25, 0.3) is 22.6 Å². The second-order valence-corrected chi connectivity index (χ2v) is 6.41. The van der Waals surface area contributed by atoms with E-state index in [0.29, 0.717) is 22.6 Å². The maximum Gasteiger partial charge on any atom is 0.252 e. The van der Waals surface area contributed by atoms with E-state index < -0.39 is 17.9 Å². The standard InChI is InChI=1S/C20H17N3O5/c1-27-13-5-2-11(3-6-13)20-22-14-7-4-12(10-16(14)28-20)18(25)21-15-8-9-17(24)23-19(15)26/h2-7,10,15H,8-9H2,1H3,(H,21,25)(H,23,24,26). The van der Waals surface area contributed by atoms with Crippen LogP contribution < -0.4 is 15.4 Å². The molecule has 0 radical (unpaired) electrons. The van der Waals surface area contributed by atoms with Gasteiger partial charge in [-0.2, -0.15) is 0 Å². The number of ether oxygens (including phenoxy) is 1. The lowest BCUT2D eigenvalue weighted by Gasteiger charge is -2.21. The van der Waals surface area contributed by atoms with E-state index in [1.807, 2.05) is 24.3 Å². The van der Waals surface area contributed by atoms with E-state index >= 15 is 0 Å². The first-order chi connectivity index (χ1) is 13.5. The van der Waals surface area contributed by atoms with Crippen molar-refractivity contribution in [2.75, 3.05) is 7.11 Å². The lowest BCUT2D eigenvalue weighted by Crippen LogP contribution is -2.52. The number of hydrogen-bond donors (Lipinski definition) is 2. The summed E-state index contributed by atoms with van der Waals surface area (Å²) in [6.45, 7) is 0. The van der Waals surface area contributed by atoms with Gasteiger partial charge in [0.2, 0.25) is 17.7 Å². The molecule has 2 N–H and O–H groups in total. The van der Waals surface area contributed by atoms with Crippen molar-refractivity contribution in [1.82, 2.24) is 15.6 Å². The number of rotatable bonds is 4. The molecule has 2 heterocycles. The summed E-state index contributed by atoms with van der Waals surface area (Å²) in [6, 6.07) is 11.4. The second kappa shape index (κ2) is 7.15. The second-order valence-electron chi connectivity index (χ2n) is 6.41. The predicted molar refractivity (Wildman–Crippen MR) is 99.6 cm³/mol. The number of oxazole rings is 1. The first-order valence-electron chi connectivity index (χ1n) is 8.73.